The molecule has 6 heteroatoms. The molecule has 0 heterocycles. The number of nitriles is 1. The van der Waals surface area contributed by atoms with Gasteiger partial charge < -0.3 is 0 Å². The van der Waals surface area contributed by atoms with Crippen LogP contribution < -0.4 is 0 Å². The Hall–Kier alpha value is 0.400. The van der Waals surface area contributed by atoms with Gasteiger partial charge in [-0.1, -0.05) is 0 Å². The molecular weight excluding hydrogens is 129 g/mol. The van der Waals surface area contributed by atoms with Crippen molar-refractivity contribution < 1.29 is 13.0 Å². The fourth-order valence-corrected chi connectivity index (χ4v) is 0. The van der Waals surface area contributed by atoms with Crippen LogP contribution in [-0.2, 0) is 10.1 Å². The third kappa shape index (κ3) is 10.7. The van der Waals surface area contributed by atoms with Crippen molar-refractivity contribution >= 4 is 39.7 Å². The van der Waals surface area contributed by atoms with Crippen molar-refractivity contribution in [2.24, 2.45) is 0 Å². The Morgan fingerprint density at radius 2 is 1.71 bits per heavy atom. The topological polar surface area (TPSA) is 78.2 Å². The number of hydrogen-bond donors (Lipinski definition) is 1. The molecule has 4 nitrogen and oxygen atoms in total. The minimum atomic E-state index is -4.36. The van der Waals surface area contributed by atoms with Crippen molar-refractivity contribution in [3.05, 3.63) is 0 Å². The van der Waals surface area contributed by atoms with E-state index in [4.69, 9.17) is 9.81 Å². The zero-order chi connectivity index (χ0) is 5.21. The van der Waals surface area contributed by atoms with Crippen LogP contribution in [0.25, 0.3) is 0 Å². The molecule has 0 bridgehead atoms. The Balaban J connectivity index is 0. The van der Waals surface area contributed by atoms with Crippen LogP contribution in [0.4, 0.5) is 0 Å². The van der Waals surface area contributed by atoms with Gasteiger partial charge in [0.2, 0.25) is 5.40 Å². The Morgan fingerprint density at radius 3 is 1.71 bits per heavy atom. The van der Waals surface area contributed by atoms with Crippen molar-refractivity contribution in [1.29, 1.82) is 5.26 Å². The molecule has 0 aromatic heterocycles. The summed E-state index contributed by atoms with van der Waals surface area (Å²) in [6, 6.07) is 0. The second-order valence-corrected chi connectivity index (χ2v) is 1.70. The first-order chi connectivity index (χ1) is 2.56. The Labute approximate surface area is 63.2 Å². The first-order valence-corrected chi connectivity index (χ1v) is 2.38. The molecule has 0 spiro atoms. The molecule has 1 N–H and O–H groups in total. The minimum absolute atomic E-state index is 0. The molecule has 0 fully saturated rings. The first-order valence-electron chi connectivity index (χ1n) is 0.944. The van der Waals surface area contributed by atoms with Gasteiger partial charge in [0.25, 0.3) is 0 Å². The van der Waals surface area contributed by atoms with E-state index in [1.807, 2.05) is 0 Å². The fourth-order valence-electron chi connectivity index (χ4n) is 0. The van der Waals surface area contributed by atoms with Gasteiger partial charge in [0.05, 0.1) is 0 Å². The van der Waals surface area contributed by atoms with E-state index in [-0.39, 0.29) is 29.6 Å². The van der Waals surface area contributed by atoms with E-state index in [0.29, 0.717) is 5.40 Å². The van der Waals surface area contributed by atoms with Gasteiger partial charge in [-0.25, -0.2) is 0 Å². The maximum absolute atomic E-state index is 9.19. The van der Waals surface area contributed by atoms with E-state index in [9.17, 15) is 8.42 Å². The fraction of sp³-hybridized carbons (Fsp3) is 0. The van der Waals surface area contributed by atoms with Crippen molar-refractivity contribution in [3.8, 4) is 5.40 Å². The molecule has 0 aliphatic rings. The Bertz CT molecular complexity index is 164. The van der Waals surface area contributed by atoms with Gasteiger partial charge in [0.15, 0.2) is 0 Å². The van der Waals surface area contributed by atoms with Crippen LogP contribution >= 0.6 is 0 Å². The summed E-state index contributed by atoms with van der Waals surface area (Å²) in [7, 11) is -4.36. The van der Waals surface area contributed by atoms with Crippen molar-refractivity contribution in [3.63, 3.8) is 0 Å². The molecule has 7 heavy (non-hydrogen) atoms. The van der Waals surface area contributed by atoms with E-state index in [1.54, 1.807) is 0 Å². The van der Waals surface area contributed by atoms with E-state index >= 15 is 0 Å². The van der Waals surface area contributed by atoms with Crippen LogP contribution in [0.3, 0.4) is 0 Å². The monoisotopic (exact) mass is 131 g/mol. The van der Waals surface area contributed by atoms with Gasteiger partial charge in [-0.3, -0.25) is 4.55 Å². The van der Waals surface area contributed by atoms with E-state index < -0.39 is 10.1 Å². The molecule has 36 valence electrons. The van der Waals surface area contributed by atoms with Gasteiger partial charge in [-0.2, -0.15) is 13.7 Å². The molecule has 0 aromatic rings. The number of hydrogen-bond acceptors (Lipinski definition) is 3. The second kappa shape index (κ2) is 3.41. The average molecular weight is 131 g/mol. The molecule has 0 saturated carbocycles. The van der Waals surface area contributed by atoms with Gasteiger partial charge in [0, 0.05) is 0 Å². The van der Waals surface area contributed by atoms with Crippen LogP contribution in [-0.4, -0.2) is 42.5 Å². The summed E-state index contributed by atoms with van der Waals surface area (Å²) in [5.41, 5.74) is 0. The molecule has 0 unspecified atom stereocenters. The molecule has 0 rings (SSSR count). The molecule has 0 aliphatic heterocycles. The van der Waals surface area contributed by atoms with Gasteiger partial charge in [0.1, 0.15) is 0 Å². The van der Waals surface area contributed by atoms with Crippen LogP contribution in [0, 0.1) is 10.7 Å². The van der Waals surface area contributed by atoms with Gasteiger partial charge >= 0.3 is 39.7 Å². The third-order valence-corrected chi connectivity index (χ3v) is 0.346. The predicted molar refractivity (Wildman–Crippen MR) is 24.3 cm³/mol. The van der Waals surface area contributed by atoms with Crippen molar-refractivity contribution in [2.75, 3.05) is 0 Å². The SMILES string of the molecule is N#CS(=O)(=O)O.[NaH]. The number of nitrogens with zero attached hydrogens (tertiary/aromatic N) is 1. The first kappa shape index (κ1) is 10.4. The summed E-state index contributed by atoms with van der Waals surface area (Å²) in [5, 5.41) is 7.95. The summed E-state index contributed by atoms with van der Waals surface area (Å²) < 4.78 is 25.8. The predicted octanol–water partition coefficient (Wildman–Crippen LogP) is -1.29. The zero-order valence-corrected chi connectivity index (χ0v) is 3.44. The summed E-state index contributed by atoms with van der Waals surface area (Å²) in [4.78, 5) is 0. The summed E-state index contributed by atoms with van der Waals surface area (Å²) in [5.74, 6) is 0. The summed E-state index contributed by atoms with van der Waals surface area (Å²) in [6.07, 6.45) is 0. The maximum atomic E-state index is 9.19. The normalized spacial score (nSPS) is 8.57. The standard InChI is InChI=1S/CHNO3S.Na.H/c2-1-6(3,4)5;;/h(H,3,4,5);;. The molecule has 0 saturated heterocycles. The molecule has 0 aliphatic carbocycles. The van der Waals surface area contributed by atoms with Crippen LogP contribution in [0.1, 0.15) is 0 Å². The molecule has 0 radical (unpaired) electrons. The molecule has 0 atom stereocenters. The van der Waals surface area contributed by atoms with Gasteiger partial charge in [-0.15, -0.1) is 0 Å². The quantitative estimate of drug-likeness (QED) is 0.192. The summed E-state index contributed by atoms with van der Waals surface area (Å²) >= 11 is 0. The van der Waals surface area contributed by atoms with Crippen LogP contribution in [0.5, 0.6) is 0 Å². The average Bonchev–Trinajstić information content (AvgIpc) is 1.35. The third-order valence-electron chi connectivity index (χ3n) is 0.115. The number of thiocyanates is 1. The van der Waals surface area contributed by atoms with E-state index in [2.05, 4.69) is 0 Å². The molecule has 0 aromatic carbocycles. The second-order valence-electron chi connectivity index (χ2n) is 0.566. The Morgan fingerprint density at radius 1 is 1.57 bits per heavy atom. The molecule has 0 amide bonds. The van der Waals surface area contributed by atoms with E-state index in [1.165, 1.54) is 0 Å². The van der Waals surface area contributed by atoms with Crippen LogP contribution in [0.15, 0.2) is 0 Å². The van der Waals surface area contributed by atoms with E-state index in [0.717, 1.165) is 0 Å². The van der Waals surface area contributed by atoms with Crippen LogP contribution in [0.2, 0.25) is 0 Å². The van der Waals surface area contributed by atoms with Crippen molar-refractivity contribution in [2.45, 2.75) is 0 Å². The zero-order valence-electron chi connectivity index (χ0n) is 2.62. The van der Waals surface area contributed by atoms with Gasteiger partial charge in [-0.05, 0) is 0 Å². The molecular formula is CH2NNaO3S. The number of rotatable bonds is 0. The Kier molecular flexibility index (Phi) is 5.06. The van der Waals surface area contributed by atoms with Crippen molar-refractivity contribution in [1.82, 2.24) is 0 Å². The summed E-state index contributed by atoms with van der Waals surface area (Å²) in [6.45, 7) is 0.